The molecule has 0 amide bonds. The number of fused-ring (bicyclic) bond motifs is 2. The number of aromatic amines is 2. The molecule has 0 aliphatic carbocycles. The highest BCUT2D eigenvalue weighted by Crippen LogP contribution is 2.27. The van der Waals surface area contributed by atoms with Gasteiger partial charge in [-0.3, -0.25) is 8.92 Å². The van der Waals surface area contributed by atoms with Gasteiger partial charge in [-0.15, -0.1) is 0 Å². The van der Waals surface area contributed by atoms with Crippen molar-refractivity contribution in [2.24, 2.45) is 0 Å². The molecule has 0 radical (unpaired) electrons. The summed E-state index contributed by atoms with van der Waals surface area (Å²) in [7, 11) is 0.877. The fourth-order valence-corrected chi connectivity index (χ4v) is 5.82. The van der Waals surface area contributed by atoms with E-state index in [-0.39, 0.29) is 0 Å². The molecule has 5 rings (SSSR count). The molecular formula is C30H40N4O6Si2. The lowest BCUT2D eigenvalue weighted by molar-refractivity contribution is 0.121. The lowest BCUT2D eigenvalue weighted by Gasteiger charge is -2.24. The monoisotopic (exact) mass is 608 g/mol. The topological polar surface area (TPSA) is 128 Å². The third-order valence-corrected chi connectivity index (χ3v) is 8.94. The van der Waals surface area contributed by atoms with Crippen LogP contribution in [0, 0.1) is 0 Å². The van der Waals surface area contributed by atoms with Gasteiger partial charge in [0.05, 0.1) is 28.7 Å². The van der Waals surface area contributed by atoms with Gasteiger partial charge < -0.3 is 28.0 Å². The smallest absolute Gasteiger partial charge is 0.494 e. The lowest BCUT2D eigenvalue weighted by atomic mass is 10.1. The maximum Gasteiger partial charge on any atom is 0.549 e. The fourth-order valence-electron chi connectivity index (χ4n) is 4.13. The summed E-state index contributed by atoms with van der Waals surface area (Å²) in [5.41, 5.74) is 5.83. The molecule has 0 saturated carbocycles. The van der Waals surface area contributed by atoms with Gasteiger partial charge in [0, 0.05) is 44.6 Å². The predicted molar refractivity (Wildman–Crippen MR) is 168 cm³/mol. The Hall–Kier alpha value is -3.69. The first-order chi connectivity index (χ1) is 20.5. The minimum absolute atomic E-state index is 0.542. The summed E-state index contributed by atoms with van der Waals surface area (Å²) >= 11 is 0. The molecule has 2 heterocycles. The Labute approximate surface area is 250 Å². The Balaban J connectivity index is 0.000000813. The van der Waals surface area contributed by atoms with Crippen LogP contribution in [-0.4, -0.2) is 66.0 Å². The van der Waals surface area contributed by atoms with Crippen LogP contribution in [-0.2, 0) is 22.2 Å². The first-order valence-corrected chi connectivity index (χ1v) is 16.6. The van der Waals surface area contributed by atoms with Gasteiger partial charge in [-0.2, -0.15) is 0 Å². The Morgan fingerprint density at radius 3 is 1.74 bits per heavy atom. The van der Waals surface area contributed by atoms with Crippen LogP contribution in [0.5, 0.6) is 5.75 Å². The molecule has 10 nitrogen and oxygen atoms in total. The largest absolute Gasteiger partial charge is 0.549 e. The van der Waals surface area contributed by atoms with E-state index in [2.05, 4.69) is 39.2 Å². The molecule has 0 saturated heterocycles. The number of rotatable bonds is 10. The zero-order chi connectivity index (χ0) is 31.0. The van der Waals surface area contributed by atoms with Crippen molar-refractivity contribution < 1.29 is 26.9 Å². The van der Waals surface area contributed by atoms with Crippen molar-refractivity contribution in [1.29, 1.82) is 0 Å². The van der Waals surface area contributed by atoms with Gasteiger partial charge in [-0.05, 0) is 30.7 Å². The van der Waals surface area contributed by atoms with Gasteiger partial charge in [0.2, 0.25) is 0 Å². The number of aromatic nitrogens is 4. The standard InChI is InChI=1S/C26H28N4O4Si.2C2H6.O2Si/c1-31-35(32-2,33-3)16-6-15-34-20-13-14-23-24(17-20)30-26(29-23)19-11-9-18(10-12-19)25-27-21-7-4-5-8-22(21)28-25;2*1-2;1-3-2/h4-5,7-14,17H,6,15-16H2,1-3H3,(H,27,28)(H,29,30);2*1-2H3;. The molecule has 0 bridgehead atoms. The first kappa shape index (κ1) is 34.5. The molecule has 3 aromatic carbocycles. The summed E-state index contributed by atoms with van der Waals surface area (Å²) in [5, 5.41) is 0. The minimum atomic E-state index is -2.57. The summed E-state index contributed by atoms with van der Waals surface area (Å²) in [5.74, 6) is 2.45. The number of imidazole rings is 2. The Morgan fingerprint density at radius 1 is 0.714 bits per heavy atom. The molecule has 0 spiro atoms. The highest BCUT2D eigenvalue weighted by molar-refractivity contribution is 6.60. The van der Waals surface area contributed by atoms with Gasteiger partial charge in [0.1, 0.15) is 17.4 Å². The van der Waals surface area contributed by atoms with E-state index < -0.39 is 18.1 Å². The molecule has 0 fully saturated rings. The maximum absolute atomic E-state index is 8.40. The summed E-state index contributed by atoms with van der Waals surface area (Å²) in [6.07, 6.45) is 0.769. The second-order valence-electron chi connectivity index (χ2n) is 8.28. The molecule has 224 valence electrons. The van der Waals surface area contributed by atoms with Crippen molar-refractivity contribution >= 4 is 40.2 Å². The van der Waals surface area contributed by atoms with Crippen LogP contribution in [0.4, 0.5) is 0 Å². The molecule has 0 atom stereocenters. The number of hydrogen-bond acceptors (Lipinski definition) is 8. The van der Waals surface area contributed by atoms with Crippen molar-refractivity contribution in [3.63, 3.8) is 0 Å². The number of hydrogen-bond donors (Lipinski definition) is 2. The third kappa shape index (κ3) is 8.90. The van der Waals surface area contributed by atoms with Crippen molar-refractivity contribution in [3.05, 3.63) is 66.7 Å². The molecule has 2 N–H and O–H groups in total. The van der Waals surface area contributed by atoms with E-state index in [9.17, 15) is 0 Å². The SMILES string of the molecule is CC.CC.CO[Si](CCCOc1ccc2nc(-c3ccc(-c4nc5ccccc5[nH]4)cc3)[nH]c2c1)(OC)OC.O=[Si]=O. The van der Waals surface area contributed by atoms with Crippen LogP contribution >= 0.6 is 0 Å². The summed E-state index contributed by atoms with van der Waals surface area (Å²) in [6, 6.07) is 22.8. The van der Waals surface area contributed by atoms with E-state index >= 15 is 0 Å². The second kappa shape index (κ2) is 18.0. The second-order valence-corrected chi connectivity index (χ2v) is 11.5. The van der Waals surface area contributed by atoms with Gasteiger partial charge in [-0.1, -0.05) is 64.1 Å². The average molecular weight is 609 g/mol. The summed E-state index contributed by atoms with van der Waals surface area (Å²) in [6.45, 7) is 8.54. The average Bonchev–Trinajstić information content (AvgIpc) is 3.68. The number of ether oxygens (including phenoxy) is 1. The normalized spacial score (nSPS) is 10.5. The van der Waals surface area contributed by atoms with Crippen LogP contribution in [0.25, 0.3) is 44.8 Å². The maximum atomic E-state index is 8.40. The van der Waals surface area contributed by atoms with Gasteiger partial charge in [-0.25, -0.2) is 9.97 Å². The zero-order valence-corrected chi connectivity index (χ0v) is 27.3. The number of para-hydroxylation sites is 2. The fraction of sp³-hybridized carbons (Fsp3) is 0.333. The van der Waals surface area contributed by atoms with E-state index in [1.54, 1.807) is 21.3 Å². The van der Waals surface area contributed by atoms with E-state index in [4.69, 9.17) is 31.9 Å². The number of benzene rings is 3. The lowest BCUT2D eigenvalue weighted by Crippen LogP contribution is -2.42. The first-order valence-electron chi connectivity index (χ1n) is 13.9. The van der Waals surface area contributed by atoms with Gasteiger partial charge >= 0.3 is 18.1 Å². The molecule has 42 heavy (non-hydrogen) atoms. The molecule has 5 aromatic rings. The molecule has 0 aliphatic rings. The van der Waals surface area contributed by atoms with E-state index in [1.807, 2.05) is 70.2 Å². The van der Waals surface area contributed by atoms with E-state index in [1.165, 1.54) is 0 Å². The minimum Gasteiger partial charge on any atom is -0.494 e. The van der Waals surface area contributed by atoms with Crippen molar-refractivity contribution in [2.75, 3.05) is 27.9 Å². The number of nitrogens with zero attached hydrogens (tertiary/aromatic N) is 2. The van der Waals surface area contributed by atoms with Crippen LogP contribution in [0.3, 0.4) is 0 Å². The summed E-state index contributed by atoms with van der Waals surface area (Å²) in [4.78, 5) is 16.2. The Morgan fingerprint density at radius 2 is 1.21 bits per heavy atom. The van der Waals surface area contributed by atoms with Gasteiger partial charge in [0.15, 0.2) is 0 Å². The van der Waals surface area contributed by atoms with E-state index in [0.29, 0.717) is 12.7 Å². The zero-order valence-electron chi connectivity index (χ0n) is 25.3. The predicted octanol–water partition coefficient (Wildman–Crippen LogP) is 6.85. The number of nitrogens with one attached hydrogen (secondary N) is 2. The quantitative estimate of drug-likeness (QED) is 0.130. The van der Waals surface area contributed by atoms with Crippen LogP contribution in [0.15, 0.2) is 66.7 Å². The highest BCUT2D eigenvalue weighted by atomic mass is 28.4. The van der Waals surface area contributed by atoms with Crippen molar-refractivity contribution in [2.45, 2.75) is 40.2 Å². The number of H-pyrrole nitrogens is 2. The van der Waals surface area contributed by atoms with Crippen LogP contribution < -0.4 is 4.74 Å². The molecular weight excluding hydrogens is 569 g/mol. The molecule has 0 aliphatic heterocycles. The van der Waals surface area contributed by atoms with E-state index in [0.717, 1.165) is 57.0 Å². The molecule has 12 heteroatoms. The van der Waals surface area contributed by atoms with Crippen molar-refractivity contribution in [3.8, 4) is 28.5 Å². The highest BCUT2D eigenvalue weighted by Gasteiger charge is 2.36. The van der Waals surface area contributed by atoms with Gasteiger partial charge in [0.25, 0.3) is 0 Å². The molecule has 2 aromatic heterocycles. The van der Waals surface area contributed by atoms with Crippen molar-refractivity contribution in [1.82, 2.24) is 19.9 Å². The summed E-state index contributed by atoms with van der Waals surface area (Å²) < 4.78 is 39.1. The molecule has 0 unspecified atom stereocenters. The Kier molecular flexibility index (Phi) is 14.8. The van der Waals surface area contributed by atoms with Crippen LogP contribution in [0.2, 0.25) is 6.04 Å². The third-order valence-electron chi connectivity index (χ3n) is 6.10. The Bertz CT molecular complexity index is 1490. The van der Waals surface area contributed by atoms with Crippen LogP contribution in [0.1, 0.15) is 34.1 Å².